The second-order valence-corrected chi connectivity index (χ2v) is 6.36. The zero-order chi connectivity index (χ0) is 12.1. The van der Waals surface area contributed by atoms with Crippen LogP contribution in [0.25, 0.3) is 0 Å². The van der Waals surface area contributed by atoms with E-state index in [1.54, 1.807) is 6.26 Å². The van der Waals surface area contributed by atoms with E-state index in [9.17, 15) is 9.00 Å². The average molecular weight is 234 g/mol. The van der Waals surface area contributed by atoms with Gasteiger partial charge in [-0.1, -0.05) is 20.8 Å². The lowest BCUT2D eigenvalue weighted by molar-refractivity contribution is -0.121. The van der Waals surface area contributed by atoms with Gasteiger partial charge in [-0.25, -0.2) is 0 Å². The lowest BCUT2D eigenvalue weighted by Gasteiger charge is -2.26. The van der Waals surface area contributed by atoms with Crippen molar-refractivity contribution in [2.45, 2.75) is 33.2 Å². The number of carbonyl (C=O) groups is 1. The van der Waals surface area contributed by atoms with Gasteiger partial charge in [0, 0.05) is 41.8 Å². The molecule has 0 radical (unpaired) electrons. The fourth-order valence-corrected chi connectivity index (χ4v) is 1.30. The molecule has 0 aromatic rings. The smallest absolute Gasteiger partial charge is 0.221 e. The van der Waals surface area contributed by atoms with Gasteiger partial charge in [0.2, 0.25) is 5.91 Å². The van der Waals surface area contributed by atoms with Crippen LogP contribution in [0.3, 0.4) is 0 Å². The monoisotopic (exact) mass is 234 g/mol. The molecule has 3 N–H and O–H groups in total. The summed E-state index contributed by atoms with van der Waals surface area (Å²) in [6.07, 6.45) is 1.94. The lowest BCUT2D eigenvalue weighted by Crippen LogP contribution is -2.40. The van der Waals surface area contributed by atoms with E-state index < -0.39 is 10.8 Å². The van der Waals surface area contributed by atoms with E-state index in [4.69, 9.17) is 5.73 Å². The number of hydrogen-bond donors (Lipinski definition) is 2. The first-order valence-corrected chi connectivity index (χ1v) is 6.78. The summed E-state index contributed by atoms with van der Waals surface area (Å²) in [6, 6.07) is -0.148. The third-order valence-electron chi connectivity index (χ3n) is 2.23. The van der Waals surface area contributed by atoms with Gasteiger partial charge in [0.25, 0.3) is 0 Å². The van der Waals surface area contributed by atoms with Crippen molar-refractivity contribution in [3.8, 4) is 0 Å². The van der Waals surface area contributed by atoms with Crippen LogP contribution in [0.4, 0.5) is 0 Å². The molecular formula is C10H22N2O2S. The Hall–Kier alpha value is -0.420. The molecule has 15 heavy (non-hydrogen) atoms. The van der Waals surface area contributed by atoms with Crippen LogP contribution in [-0.2, 0) is 15.6 Å². The first-order chi connectivity index (χ1) is 6.73. The quantitative estimate of drug-likeness (QED) is 0.716. The van der Waals surface area contributed by atoms with Gasteiger partial charge in [-0.2, -0.15) is 0 Å². The molecule has 0 aromatic heterocycles. The van der Waals surface area contributed by atoms with Crippen LogP contribution in [0.1, 0.15) is 27.2 Å². The standard InChI is InChI=1S/C10H22N2O2S/c1-10(2,3)8(11)7-9(13)12-5-6-15(4)14/h8H,5-7,11H2,1-4H3,(H,12,13). The summed E-state index contributed by atoms with van der Waals surface area (Å²) < 4.78 is 10.7. The molecule has 0 aliphatic rings. The molecule has 0 aromatic carbocycles. The summed E-state index contributed by atoms with van der Waals surface area (Å²) in [7, 11) is -0.858. The van der Waals surface area contributed by atoms with Gasteiger partial charge in [0.15, 0.2) is 0 Å². The van der Waals surface area contributed by atoms with Gasteiger partial charge >= 0.3 is 0 Å². The van der Waals surface area contributed by atoms with Crippen molar-refractivity contribution in [1.82, 2.24) is 5.32 Å². The Kier molecular flexibility index (Phi) is 6.05. The molecule has 4 nitrogen and oxygen atoms in total. The second-order valence-electron chi connectivity index (χ2n) is 4.80. The van der Waals surface area contributed by atoms with Crippen LogP contribution in [0.15, 0.2) is 0 Å². The van der Waals surface area contributed by atoms with E-state index in [1.165, 1.54) is 0 Å². The van der Waals surface area contributed by atoms with Gasteiger partial charge in [-0.05, 0) is 5.41 Å². The Bertz CT molecular complexity index is 236. The first-order valence-electron chi connectivity index (χ1n) is 5.06. The van der Waals surface area contributed by atoms with E-state index in [0.717, 1.165) is 0 Å². The third kappa shape index (κ3) is 7.50. The SMILES string of the molecule is CS(=O)CCNC(=O)CC(N)C(C)(C)C. The van der Waals surface area contributed by atoms with Crippen molar-refractivity contribution < 1.29 is 9.00 Å². The molecule has 0 rings (SSSR count). The highest BCUT2D eigenvalue weighted by Gasteiger charge is 2.22. The van der Waals surface area contributed by atoms with Crippen LogP contribution in [0, 0.1) is 5.41 Å². The zero-order valence-corrected chi connectivity index (χ0v) is 10.8. The van der Waals surface area contributed by atoms with Gasteiger partial charge in [0.1, 0.15) is 0 Å². The van der Waals surface area contributed by atoms with Gasteiger partial charge in [0.05, 0.1) is 0 Å². The maximum absolute atomic E-state index is 11.4. The number of nitrogens with two attached hydrogens (primary N) is 1. The number of amides is 1. The van der Waals surface area contributed by atoms with Crippen LogP contribution in [0.5, 0.6) is 0 Å². The largest absolute Gasteiger partial charge is 0.355 e. The van der Waals surface area contributed by atoms with Crippen molar-refractivity contribution in [2.75, 3.05) is 18.6 Å². The summed E-state index contributed by atoms with van der Waals surface area (Å²) in [4.78, 5) is 11.4. The summed E-state index contributed by atoms with van der Waals surface area (Å²) in [5, 5.41) is 2.70. The minimum atomic E-state index is -0.858. The Labute approximate surface area is 94.4 Å². The van der Waals surface area contributed by atoms with Crippen LogP contribution in [0.2, 0.25) is 0 Å². The van der Waals surface area contributed by atoms with Crippen LogP contribution in [-0.4, -0.2) is 34.7 Å². The van der Waals surface area contributed by atoms with E-state index in [0.29, 0.717) is 18.7 Å². The second kappa shape index (κ2) is 6.23. The van der Waals surface area contributed by atoms with E-state index >= 15 is 0 Å². The lowest BCUT2D eigenvalue weighted by atomic mass is 9.85. The molecule has 0 spiro atoms. The summed E-state index contributed by atoms with van der Waals surface area (Å²) in [6.45, 7) is 6.48. The van der Waals surface area contributed by atoms with E-state index in [1.807, 2.05) is 20.8 Å². The van der Waals surface area contributed by atoms with E-state index in [2.05, 4.69) is 5.32 Å². The Morgan fingerprint density at radius 2 is 2.00 bits per heavy atom. The predicted molar refractivity (Wildman–Crippen MR) is 64.0 cm³/mol. The summed E-state index contributed by atoms with van der Waals surface area (Å²) in [5.74, 6) is 0.430. The zero-order valence-electron chi connectivity index (χ0n) is 10.0. The van der Waals surface area contributed by atoms with E-state index in [-0.39, 0.29) is 17.4 Å². The molecule has 0 heterocycles. The van der Waals surface area contributed by atoms with Crippen LogP contribution < -0.4 is 11.1 Å². The van der Waals surface area contributed by atoms with Crippen molar-refractivity contribution >= 4 is 16.7 Å². The molecule has 0 bridgehead atoms. The first kappa shape index (κ1) is 14.6. The third-order valence-corrected chi connectivity index (χ3v) is 3.01. The Morgan fingerprint density at radius 3 is 2.40 bits per heavy atom. The van der Waals surface area contributed by atoms with Gasteiger partial charge < -0.3 is 11.1 Å². The summed E-state index contributed by atoms with van der Waals surface area (Å²) in [5.41, 5.74) is 5.80. The molecule has 0 saturated carbocycles. The van der Waals surface area contributed by atoms with Crippen molar-refractivity contribution in [2.24, 2.45) is 11.1 Å². The molecule has 0 fully saturated rings. The number of carbonyl (C=O) groups excluding carboxylic acids is 1. The number of nitrogens with one attached hydrogen (secondary N) is 1. The molecule has 2 unspecified atom stereocenters. The minimum Gasteiger partial charge on any atom is -0.355 e. The Balaban J connectivity index is 3.79. The van der Waals surface area contributed by atoms with Gasteiger partial charge in [-0.15, -0.1) is 0 Å². The highest BCUT2D eigenvalue weighted by molar-refractivity contribution is 7.84. The van der Waals surface area contributed by atoms with Crippen molar-refractivity contribution in [3.05, 3.63) is 0 Å². The molecule has 5 heteroatoms. The molecule has 2 atom stereocenters. The predicted octanol–water partition coefficient (Wildman–Crippen LogP) is 0.245. The maximum atomic E-state index is 11.4. The molecule has 0 saturated heterocycles. The van der Waals surface area contributed by atoms with Crippen LogP contribution >= 0.6 is 0 Å². The van der Waals surface area contributed by atoms with Crippen molar-refractivity contribution in [3.63, 3.8) is 0 Å². The van der Waals surface area contributed by atoms with Gasteiger partial charge in [-0.3, -0.25) is 9.00 Å². The normalized spacial score (nSPS) is 15.8. The summed E-state index contributed by atoms with van der Waals surface area (Å²) >= 11 is 0. The molecular weight excluding hydrogens is 212 g/mol. The average Bonchev–Trinajstić information content (AvgIpc) is 2.01. The highest BCUT2D eigenvalue weighted by atomic mass is 32.2. The topological polar surface area (TPSA) is 72.2 Å². The molecule has 0 aliphatic carbocycles. The Morgan fingerprint density at radius 1 is 1.47 bits per heavy atom. The molecule has 0 aliphatic heterocycles. The fourth-order valence-electron chi connectivity index (χ4n) is 0.912. The maximum Gasteiger partial charge on any atom is 0.221 e. The van der Waals surface area contributed by atoms with Crippen molar-refractivity contribution in [1.29, 1.82) is 0 Å². The fraction of sp³-hybridized carbons (Fsp3) is 0.900. The molecule has 90 valence electrons. The number of hydrogen-bond acceptors (Lipinski definition) is 3. The highest BCUT2D eigenvalue weighted by Crippen LogP contribution is 2.19. The minimum absolute atomic E-state index is 0.0646. The number of rotatable bonds is 5. The molecule has 1 amide bonds.